The lowest BCUT2D eigenvalue weighted by molar-refractivity contribution is 1.06. The molecule has 0 saturated heterocycles. The molecular weight excluding hydrogens is 631 g/mol. The number of hydrogen-bond donors (Lipinski definition) is 0. The molecule has 0 bridgehead atoms. The van der Waals surface area contributed by atoms with Gasteiger partial charge in [-0.25, -0.2) is 15.0 Å². The Balaban J connectivity index is 1.28. The van der Waals surface area contributed by atoms with Crippen LogP contribution in [-0.4, -0.2) is 15.0 Å². The molecule has 2 heterocycles. The van der Waals surface area contributed by atoms with Gasteiger partial charge in [0.15, 0.2) is 5.82 Å². The minimum Gasteiger partial charge on any atom is -0.248 e. The molecule has 3 heteroatoms. The van der Waals surface area contributed by atoms with Crippen molar-refractivity contribution in [3.8, 4) is 67.3 Å². The summed E-state index contributed by atoms with van der Waals surface area (Å²) in [6, 6.07) is 62.8. The largest absolute Gasteiger partial charge is 0.248 e. The Morgan fingerprint density at radius 1 is 0.308 bits per heavy atom. The monoisotopic (exact) mass is 665 g/mol. The molecule has 0 spiro atoms. The van der Waals surface area contributed by atoms with Crippen LogP contribution in [0.4, 0.5) is 0 Å². The Labute approximate surface area is 304 Å². The third kappa shape index (κ3) is 6.03. The first-order valence-electron chi connectivity index (χ1n) is 17.7. The molecular formula is C49H35N3. The molecule has 9 aromatic rings. The van der Waals surface area contributed by atoms with Gasteiger partial charge in [-0.05, 0) is 111 Å². The van der Waals surface area contributed by atoms with Crippen molar-refractivity contribution in [3.05, 3.63) is 187 Å². The van der Waals surface area contributed by atoms with Gasteiger partial charge < -0.3 is 0 Å². The number of hydrogen-bond acceptors (Lipinski definition) is 3. The van der Waals surface area contributed by atoms with Crippen LogP contribution in [0.5, 0.6) is 0 Å². The van der Waals surface area contributed by atoms with Crippen LogP contribution in [0.25, 0.3) is 88.8 Å². The maximum Gasteiger partial charge on any atom is 0.159 e. The van der Waals surface area contributed by atoms with Gasteiger partial charge in [-0.2, -0.15) is 0 Å². The van der Waals surface area contributed by atoms with E-state index in [0.29, 0.717) is 0 Å². The van der Waals surface area contributed by atoms with Crippen molar-refractivity contribution < 1.29 is 0 Å². The van der Waals surface area contributed by atoms with E-state index in [1.54, 1.807) is 0 Å². The SMILES string of the molecule is Cc1cc(C)nc(-c2ccc(-c3cc(-c4cc(-c5ccccc5)nc(-c5ccccc5)c4)cc(-c4cc5ccccc5c5ccccc45)c3)cc2)n1. The van der Waals surface area contributed by atoms with E-state index in [-0.39, 0.29) is 0 Å². The second kappa shape index (κ2) is 13.2. The van der Waals surface area contributed by atoms with Gasteiger partial charge in [-0.15, -0.1) is 0 Å². The quantitative estimate of drug-likeness (QED) is 0.166. The average molecular weight is 666 g/mol. The van der Waals surface area contributed by atoms with Gasteiger partial charge in [0.25, 0.3) is 0 Å². The zero-order valence-electron chi connectivity index (χ0n) is 29.1. The minimum atomic E-state index is 0.750. The van der Waals surface area contributed by atoms with Crippen molar-refractivity contribution in [2.75, 3.05) is 0 Å². The van der Waals surface area contributed by atoms with Crippen LogP contribution in [0.15, 0.2) is 176 Å². The van der Waals surface area contributed by atoms with Gasteiger partial charge in [-0.3, -0.25) is 0 Å². The lowest BCUT2D eigenvalue weighted by atomic mass is 9.89. The van der Waals surface area contributed by atoms with Crippen molar-refractivity contribution in [2.24, 2.45) is 0 Å². The molecule has 2 aromatic heterocycles. The second-order valence-corrected chi connectivity index (χ2v) is 13.4. The molecule has 3 nitrogen and oxygen atoms in total. The summed E-state index contributed by atoms with van der Waals surface area (Å²) in [4.78, 5) is 14.6. The third-order valence-corrected chi connectivity index (χ3v) is 9.77. The van der Waals surface area contributed by atoms with Crippen molar-refractivity contribution in [1.29, 1.82) is 0 Å². The molecule has 0 aliphatic rings. The van der Waals surface area contributed by atoms with Crippen LogP contribution in [0.3, 0.4) is 0 Å². The van der Waals surface area contributed by atoms with Gasteiger partial charge in [-0.1, -0.05) is 133 Å². The van der Waals surface area contributed by atoms with Crippen LogP contribution >= 0.6 is 0 Å². The number of rotatable bonds is 6. The Kier molecular flexibility index (Phi) is 7.94. The highest BCUT2D eigenvalue weighted by molar-refractivity contribution is 6.14. The molecule has 0 N–H and O–H groups in total. The van der Waals surface area contributed by atoms with E-state index in [4.69, 9.17) is 15.0 Å². The fourth-order valence-electron chi connectivity index (χ4n) is 7.29. The molecule has 0 aliphatic carbocycles. The first-order chi connectivity index (χ1) is 25.6. The van der Waals surface area contributed by atoms with E-state index in [0.717, 1.165) is 73.1 Å². The highest BCUT2D eigenvalue weighted by Crippen LogP contribution is 2.40. The molecule has 0 unspecified atom stereocenters. The van der Waals surface area contributed by atoms with Crippen LogP contribution < -0.4 is 0 Å². The number of aromatic nitrogens is 3. The summed E-state index contributed by atoms with van der Waals surface area (Å²) in [5.41, 5.74) is 13.9. The summed E-state index contributed by atoms with van der Waals surface area (Å²) in [6.07, 6.45) is 0. The van der Waals surface area contributed by atoms with E-state index >= 15 is 0 Å². The molecule has 9 rings (SSSR count). The van der Waals surface area contributed by atoms with Gasteiger partial charge >= 0.3 is 0 Å². The lowest BCUT2D eigenvalue weighted by Crippen LogP contribution is -1.94. The Hall–Kier alpha value is -6.71. The molecule has 0 radical (unpaired) electrons. The van der Waals surface area contributed by atoms with Crippen molar-refractivity contribution in [3.63, 3.8) is 0 Å². The Morgan fingerprint density at radius 3 is 1.42 bits per heavy atom. The molecule has 7 aromatic carbocycles. The van der Waals surface area contributed by atoms with Crippen molar-refractivity contribution in [1.82, 2.24) is 15.0 Å². The Morgan fingerprint density at radius 2 is 0.788 bits per heavy atom. The zero-order valence-corrected chi connectivity index (χ0v) is 29.1. The summed E-state index contributed by atoms with van der Waals surface area (Å²) < 4.78 is 0. The maximum absolute atomic E-state index is 5.17. The van der Waals surface area contributed by atoms with Gasteiger partial charge in [0.1, 0.15) is 0 Å². The van der Waals surface area contributed by atoms with E-state index in [1.807, 2.05) is 32.0 Å². The summed E-state index contributed by atoms with van der Waals surface area (Å²) in [5.74, 6) is 0.750. The second-order valence-electron chi connectivity index (χ2n) is 13.4. The number of fused-ring (bicyclic) bond motifs is 3. The molecule has 246 valence electrons. The topological polar surface area (TPSA) is 38.7 Å². The van der Waals surface area contributed by atoms with Gasteiger partial charge in [0.2, 0.25) is 0 Å². The number of benzene rings is 7. The molecule has 0 atom stereocenters. The smallest absolute Gasteiger partial charge is 0.159 e. The van der Waals surface area contributed by atoms with Gasteiger partial charge in [0.05, 0.1) is 11.4 Å². The number of aryl methyl sites for hydroxylation is 2. The molecule has 52 heavy (non-hydrogen) atoms. The molecule has 0 fully saturated rings. The van der Waals surface area contributed by atoms with Crippen molar-refractivity contribution in [2.45, 2.75) is 13.8 Å². The first kappa shape index (κ1) is 31.3. The molecule has 0 aliphatic heterocycles. The van der Waals surface area contributed by atoms with Crippen LogP contribution in [0.2, 0.25) is 0 Å². The summed E-state index contributed by atoms with van der Waals surface area (Å²) in [7, 11) is 0. The first-order valence-corrected chi connectivity index (χ1v) is 17.7. The number of pyridine rings is 1. The highest BCUT2D eigenvalue weighted by atomic mass is 14.9. The van der Waals surface area contributed by atoms with Crippen LogP contribution in [0.1, 0.15) is 11.4 Å². The fourth-order valence-corrected chi connectivity index (χ4v) is 7.29. The third-order valence-electron chi connectivity index (χ3n) is 9.77. The highest BCUT2D eigenvalue weighted by Gasteiger charge is 2.15. The fraction of sp³-hybridized carbons (Fsp3) is 0.0408. The van der Waals surface area contributed by atoms with E-state index in [2.05, 4.69) is 158 Å². The minimum absolute atomic E-state index is 0.750. The van der Waals surface area contributed by atoms with Crippen LogP contribution in [-0.2, 0) is 0 Å². The average Bonchev–Trinajstić information content (AvgIpc) is 3.20. The zero-order chi connectivity index (χ0) is 35.0. The predicted molar refractivity (Wildman–Crippen MR) is 217 cm³/mol. The summed E-state index contributed by atoms with van der Waals surface area (Å²) in [6.45, 7) is 4.03. The van der Waals surface area contributed by atoms with Gasteiger partial charge in [0, 0.05) is 28.1 Å². The summed E-state index contributed by atoms with van der Waals surface area (Å²) in [5, 5.41) is 4.97. The van der Waals surface area contributed by atoms with Crippen molar-refractivity contribution >= 4 is 21.5 Å². The van der Waals surface area contributed by atoms with E-state index < -0.39 is 0 Å². The maximum atomic E-state index is 5.17. The van der Waals surface area contributed by atoms with E-state index in [9.17, 15) is 0 Å². The van der Waals surface area contributed by atoms with Crippen LogP contribution in [0, 0.1) is 13.8 Å². The molecule has 0 saturated carbocycles. The molecule has 0 amide bonds. The number of nitrogens with zero attached hydrogens (tertiary/aromatic N) is 3. The normalized spacial score (nSPS) is 11.3. The standard InChI is InChI=1S/C49H35N3/c1-32-25-33(2)51-49(50-32)37-23-21-34(22-24-37)39-26-40(28-42(27-39)46-29-38-17-9-10-18-43(38)44-19-11-12-20-45(44)46)41-30-47(35-13-5-3-6-14-35)52-48(31-41)36-15-7-4-8-16-36/h3-31H,1-2H3. The Bertz CT molecular complexity index is 2660. The summed E-state index contributed by atoms with van der Waals surface area (Å²) >= 11 is 0. The van der Waals surface area contributed by atoms with E-state index in [1.165, 1.54) is 27.1 Å². The lowest BCUT2D eigenvalue weighted by Gasteiger charge is -2.16. The predicted octanol–water partition coefficient (Wildman–Crippen LogP) is 12.8.